The van der Waals surface area contributed by atoms with Gasteiger partial charge in [0.15, 0.2) is 0 Å². The second-order valence-corrected chi connectivity index (χ2v) is 5.01. The number of hydrogen-bond donors (Lipinski definition) is 2. The molecule has 2 aliphatic heterocycles. The van der Waals surface area contributed by atoms with E-state index in [0.717, 1.165) is 38.0 Å². The predicted octanol–water partition coefficient (Wildman–Crippen LogP) is 0.773. The Kier molecular flexibility index (Phi) is 3.10. The fraction of sp³-hybridized carbons (Fsp3) is 1.00. The lowest BCUT2D eigenvalue weighted by molar-refractivity contribution is 0.0478. The van der Waals surface area contributed by atoms with Crippen LogP contribution in [0.3, 0.4) is 0 Å². The maximum Gasteiger partial charge on any atom is 0.0610 e. The van der Waals surface area contributed by atoms with Crippen molar-refractivity contribution < 1.29 is 9.84 Å². The second kappa shape index (κ2) is 4.17. The number of nitrogens with one attached hydrogen (secondary N) is 1. The van der Waals surface area contributed by atoms with E-state index in [0.29, 0.717) is 0 Å². The van der Waals surface area contributed by atoms with Crippen LogP contribution in [0.25, 0.3) is 0 Å². The number of aliphatic hydroxyl groups is 1. The van der Waals surface area contributed by atoms with Gasteiger partial charge in [-0.2, -0.15) is 0 Å². The first-order valence-electron chi connectivity index (χ1n) is 5.67. The first-order valence-corrected chi connectivity index (χ1v) is 5.67. The van der Waals surface area contributed by atoms with Gasteiger partial charge in [-0.05, 0) is 44.6 Å². The third kappa shape index (κ3) is 2.10. The van der Waals surface area contributed by atoms with Crippen molar-refractivity contribution in [1.29, 1.82) is 0 Å². The van der Waals surface area contributed by atoms with Crippen LogP contribution in [0, 0.1) is 11.8 Å². The van der Waals surface area contributed by atoms with Gasteiger partial charge in [-0.3, -0.25) is 0 Å². The van der Waals surface area contributed by atoms with Crippen molar-refractivity contribution >= 4 is 0 Å². The van der Waals surface area contributed by atoms with Gasteiger partial charge in [0, 0.05) is 18.8 Å². The lowest BCUT2D eigenvalue weighted by Gasteiger charge is -2.28. The van der Waals surface area contributed by atoms with Crippen LogP contribution in [0.2, 0.25) is 0 Å². The minimum Gasteiger partial charge on any atom is -0.394 e. The van der Waals surface area contributed by atoms with E-state index in [1.165, 1.54) is 12.8 Å². The molecule has 2 unspecified atom stereocenters. The van der Waals surface area contributed by atoms with Gasteiger partial charge in [0.05, 0.1) is 6.61 Å². The zero-order chi connectivity index (χ0) is 10.0. The Bertz CT molecular complexity index is 192. The fourth-order valence-electron chi connectivity index (χ4n) is 2.74. The van der Waals surface area contributed by atoms with Crippen molar-refractivity contribution in [2.45, 2.75) is 31.7 Å². The van der Waals surface area contributed by atoms with Crippen molar-refractivity contribution in [2.24, 2.45) is 11.8 Å². The minimum absolute atomic E-state index is 0.0248. The molecule has 2 atom stereocenters. The van der Waals surface area contributed by atoms with Crippen LogP contribution in [0.15, 0.2) is 0 Å². The van der Waals surface area contributed by atoms with Crippen LogP contribution < -0.4 is 5.32 Å². The highest BCUT2D eigenvalue weighted by atomic mass is 16.5. The van der Waals surface area contributed by atoms with E-state index >= 15 is 0 Å². The van der Waals surface area contributed by atoms with E-state index in [1.807, 2.05) is 0 Å². The van der Waals surface area contributed by atoms with Crippen molar-refractivity contribution in [1.82, 2.24) is 5.32 Å². The Morgan fingerprint density at radius 3 is 2.64 bits per heavy atom. The first-order chi connectivity index (χ1) is 6.73. The summed E-state index contributed by atoms with van der Waals surface area (Å²) in [4.78, 5) is 0. The Morgan fingerprint density at radius 2 is 2.07 bits per heavy atom. The van der Waals surface area contributed by atoms with Crippen LogP contribution in [-0.4, -0.2) is 37.0 Å². The van der Waals surface area contributed by atoms with Crippen LogP contribution in [-0.2, 0) is 4.74 Å². The molecule has 0 radical (unpaired) electrons. The van der Waals surface area contributed by atoms with Gasteiger partial charge in [0.1, 0.15) is 0 Å². The molecule has 2 rings (SSSR count). The maximum atomic E-state index is 9.25. The fourth-order valence-corrected chi connectivity index (χ4v) is 2.74. The van der Waals surface area contributed by atoms with Crippen LogP contribution in [0.1, 0.15) is 26.2 Å². The zero-order valence-corrected chi connectivity index (χ0v) is 8.96. The molecule has 0 aromatic heterocycles. The second-order valence-electron chi connectivity index (χ2n) is 5.01. The van der Waals surface area contributed by atoms with Crippen molar-refractivity contribution in [3.05, 3.63) is 0 Å². The Balaban J connectivity index is 1.88. The zero-order valence-electron chi connectivity index (χ0n) is 8.96. The molecule has 3 heteroatoms. The van der Waals surface area contributed by atoms with Gasteiger partial charge in [0.25, 0.3) is 0 Å². The Labute approximate surface area is 85.8 Å². The minimum atomic E-state index is -0.0248. The van der Waals surface area contributed by atoms with Crippen LogP contribution in [0.5, 0.6) is 0 Å². The van der Waals surface area contributed by atoms with Gasteiger partial charge < -0.3 is 15.2 Å². The van der Waals surface area contributed by atoms with Gasteiger partial charge in [-0.1, -0.05) is 0 Å². The third-order valence-electron chi connectivity index (χ3n) is 3.79. The number of hydrogen-bond acceptors (Lipinski definition) is 3. The molecule has 0 bridgehead atoms. The van der Waals surface area contributed by atoms with E-state index in [1.54, 1.807) is 0 Å². The molecule has 2 fully saturated rings. The third-order valence-corrected chi connectivity index (χ3v) is 3.79. The molecular formula is C11H21NO2. The highest BCUT2D eigenvalue weighted by molar-refractivity contribution is 4.95. The molecular weight excluding hydrogens is 178 g/mol. The number of rotatable bonds is 2. The molecule has 0 spiro atoms. The normalized spacial score (nSPS) is 40.3. The molecule has 0 aromatic carbocycles. The standard InChI is InChI=1S/C11H21NO2/c1-11(8-13)6-10(7-12-11)9-2-4-14-5-3-9/h9-10,12-13H,2-8H2,1H3. The predicted molar refractivity (Wildman–Crippen MR) is 55.1 cm³/mol. The molecule has 3 nitrogen and oxygen atoms in total. The van der Waals surface area contributed by atoms with E-state index in [-0.39, 0.29) is 12.1 Å². The average Bonchev–Trinajstić information content (AvgIpc) is 2.63. The number of ether oxygens (including phenoxy) is 1. The molecule has 0 amide bonds. The Hall–Kier alpha value is -0.120. The van der Waals surface area contributed by atoms with E-state index in [4.69, 9.17) is 4.74 Å². The maximum absolute atomic E-state index is 9.25. The summed E-state index contributed by atoms with van der Waals surface area (Å²) in [5, 5.41) is 12.7. The molecule has 2 saturated heterocycles. The summed E-state index contributed by atoms with van der Waals surface area (Å²) in [7, 11) is 0. The van der Waals surface area contributed by atoms with Gasteiger partial charge in [-0.15, -0.1) is 0 Å². The smallest absolute Gasteiger partial charge is 0.0610 e. The molecule has 0 aromatic rings. The molecule has 2 N–H and O–H groups in total. The van der Waals surface area contributed by atoms with Crippen molar-refractivity contribution in [2.75, 3.05) is 26.4 Å². The summed E-state index contributed by atoms with van der Waals surface area (Å²) in [6, 6.07) is 0. The SMILES string of the molecule is CC1(CO)CC(C2CCOCC2)CN1. The molecule has 0 aliphatic carbocycles. The summed E-state index contributed by atoms with van der Waals surface area (Å²) in [6.45, 7) is 5.30. The van der Waals surface area contributed by atoms with E-state index in [9.17, 15) is 5.11 Å². The first kappa shape index (κ1) is 10.4. The highest BCUT2D eigenvalue weighted by Crippen LogP contribution is 2.33. The number of aliphatic hydroxyl groups excluding tert-OH is 1. The molecule has 14 heavy (non-hydrogen) atoms. The van der Waals surface area contributed by atoms with Crippen LogP contribution >= 0.6 is 0 Å². The molecule has 0 saturated carbocycles. The van der Waals surface area contributed by atoms with Crippen molar-refractivity contribution in [3.63, 3.8) is 0 Å². The van der Waals surface area contributed by atoms with Gasteiger partial charge in [0.2, 0.25) is 0 Å². The lowest BCUT2D eigenvalue weighted by Crippen LogP contribution is -2.39. The molecule has 2 aliphatic rings. The quantitative estimate of drug-likeness (QED) is 0.690. The summed E-state index contributed by atoms with van der Waals surface area (Å²) in [6.07, 6.45) is 3.52. The summed E-state index contributed by atoms with van der Waals surface area (Å²) < 4.78 is 5.37. The average molecular weight is 199 g/mol. The lowest BCUT2D eigenvalue weighted by atomic mass is 9.82. The largest absolute Gasteiger partial charge is 0.394 e. The van der Waals surface area contributed by atoms with Gasteiger partial charge >= 0.3 is 0 Å². The topological polar surface area (TPSA) is 41.5 Å². The van der Waals surface area contributed by atoms with E-state index < -0.39 is 0 Å². The van der Waals surface area contributed by atoms with E-state index in [2.05, 4.69) is 12.2 Å². The van der Waals surface area contributed by atoms with Crippen molar-refractivity contribution in [3.8, 4) is 0 Å². The molecule has 82 valence electrons. The Morgan fingerprint density at radius 1 is 1.36 bits per heavy atom. The van der Waals surface area contributed by atoms with Gasteiger partial charge in [-0.25, -0.2) is 0 Å². The summed E-state index contributed by atoms with van der Waals surface area (Å²) >= 11 is 0. The highest BCUT2D eigenvalue weighted by Gasteiger charge is 2.37. The molecule has 2 heterocycles. The van der Waals surface area contributed by atoms with Crippen LogP contribution in [0.4, 0.5) is 0 Å². The summed E-state index contributed by atoms with van der Waals surface area (Å²) in [5.74, 6) is 1.56. The monoisotopic (exact) mass is 199 g/mol. The summed E-state index contributed by atoms with van der Waals surface area (Å²) in [5.41, 5.74) is -0.0248.